The van der Waals surface area contributed by atoms with Crippen LogP contribution in [0.4, 0.5) is 5.82 Å². The molecule has 1 fully saturated rings. The van der Waals surface area contributed by atoms with Crippen molar-refractivity contribution < 1.29 is 4.79 Å². The lowest BCUT2D eigenvalue weighted by atomic mass is 10.1. The highest BCUT2D eigenvalue weighted by molar-refractivity contribution is 7.99. The Morgan fingerprint density at radius 2 is 1.97 bits per heavy atom. The fourth-order valence-electron chi connectivity index (χ4n) is 3.65. The molecule has 7 heteroatoms. The molecule has 1 amide bonds. The predicted molar refractivity (Wildman–Crippen MR) is 121 cm³/mol. The highest BCUT2D eigenvalue weighted by Crippen LogP contribution is 2.24. The molecule has 3 aromatic rings. The molecule has 1 aliphatic heterocycles. The Balaban J connectivity index is 1.34. The lowest BCUT2D eigenvalue weighted by Crippen LogP contribution is -2.25. The summed E-state index contributed by atoms with van der Waals surface area (Å²) < 4.78 is 2.05. The van der Waals surface area contributed by atoms with Gasteiger partial charge >= 0.3 is 0 Å². The molecule has 0 aliphatic carbocycles. The number of aryl methyl sites for hydroxylation is 1. The minimum Gasteiger partial charge on any atom is -0.357 e. The number of hydrogen-bond acceptors (Lipinski definition) is 5. The molecule has 1 N–H and O–H groups in total. The van der Waals surface area contributed by atoms with Gasteiger partial charge in [-0.05, 0) is 61.6 Å². The number of hydrogen-bond donors (Lipinski definition) is 1. The molecule has 0 radical (unpaired) electrons. The van der Waals surface area contributed by atoms with Crippen LogP contribution >= 0.6 is 11.8 Å². The van der Waals surface area contributed by atoms with Gasteiger partial charge in [0.2, 0.25) is 5.91 Å². The number of aromatic nitrogens is 3. The van der Waals surface area contributed by atoms with E-state index in [1.54, 1.807) is 6.20 Å². The Labute approximate surface area is 181 Å². The first-order chi connectivity index (χ1) is 14.6. The average Bonchev–Trinajstić information content (AvgIpc) is 3.45. The van der Waals surface area contributed by atoms with Crippen LogP contribution in [0.1, 0.15) is 29.5 Å². The minimum absolute atomic E-state index is 0.00458. The first-order valence-electron chi connectivity index (χ1n) is 10.3. The van der Waals surface area contributed by atoms with Crippen molar-refractivity contribution in [2.75, 3.05) is 23.7 Å². The van der Waals surface area contributed by atoms with Crippen molar-refractivity contribution in [1.29, 1.82) is 0 Å². The number of nitrogens with one attached hydrogen (secondary N) is 1. The van der Waals surface area contributed by atoms with Crippen LogP contribution in [0.15, 0.2) is 54.1 Å². The molecule has 30 heavy (non-hydrogen) atoms. The highest BCUT2D eigenvalue weighted by Gasteiger charge is 2.14. The third kappa shape index (κ3) is 4.67. The summed E-state index contributed by atoms with van der Waals surface area (Å²) in [6.45, 7) is 6.84. The van der Waals surface area contributed by atoms with Crippen LogP contribution < -0.4 is 10.2 Å². The number of carbonyl (C=O) groups is 1. The normalized spacial score (nSPS) is 13.6. The van der Waals surface area contributed by atoms with Crippen LogP contribution in [0.3, 0.4) is 0 Å². The van der Waals surface area contributed by atoms with E-state index in [1.165, 1.54) is 35.7 Å². The molecular weight excluding hydrogens is 394 g/mol. The Kier molecular flexibility index (Phi) is 6.38. The topological polar surface area (TPSA) is 63.1 Å². The molecular formula is C23H27N5OS. The second-order valence-corrected chi connectivity index (χ2v) is 8.52. The third-order valence-corrected chi connectivity index (χ3v) is 6.47. The molecule has 1 aromatic carbocycles. The lowest BCUT2D eigenvalue weighted by molar-refractivity contribution is -0.118. The van der Waals surface area contributed by atoms with Gasteiger partial charge in [0.1, 0.15) is 5.82 Å². The standard InChI is InChI=1S/C23H27N5OS/c1-17-6-5-7-20(18(17)2)28-13-10-25-23(28)30-16-22(29)26-15-19-8-9-24-21(14-19)27-11-3-4-12-27/h5-10,13-14H,3-4,11-12,15-16H2,1-2H3,(H,26,29). The predicted octanol–water partition coefficient (Wildman–Crippen LogP) is 3.89. The summed E-state index contributed by atoms with van der Waals surface area (Å²) in [5, 5.41) is 3.83. The molecule has 4 rings (SSSR count). The van der Waals surface area contributed by atoms with Crippen molar-refractivity contribution in [1.82, 2.24) is 19.9 Å². The van der Waals surface area contributed by atoms with Crippen molar-refractivity contribution in [3.05, 3.63) is 65.6 Å². The van der Waals surface area contributed by atoms with Crippen LogP contribution in [0.5, 0.6) is 0 Å². The zero-order valence-electron chi connectivity index (χ0n) is 17.5. The number of imidazole rings is 1. The highest BCUT2D eigenvalue weighted by atomic mass is 32.2. The van der Waals surface area contributed by atoms with E-state index in [-0.39, 0.29) is 5.91 Å². The van der Waals surface area contributed by atoms with Gasteiger partial charge < -0.3 is 10.2 Å². The zero-order valence-corrected chi connectivity index (χ0v) is 18.3. The maximum absolute atomic E-state index is 12.4. The summed E-state index contributed by atoms with van der Waals surface area (Å²) in [7, 11) is 0. The monoisotopic (exact) mass is 421 g/mol. The van der Waals surface area contributed by atoms with Crippen LogP contribution in [0, 0.1) is 13.8 Å². The summed E-state index contributed by atoms with van der Waals surface area (Å²) >= 11 is 1.45. The second kappa shape index (κ2) is 9.34. The smallest absolute Gasteiger partial charge is 0.230 e. The number of rotatable bonds is 7. The maximum Gasteiger partial charge on any atom is 0.230 e. The molecule has 0 atom stereocenters. The number of anilines is 1. The van der Waals surface area contributed by atoms with E-state index in [0.29, 0.717) is 12.3 Å². The van der Waals surface area contributed by atoms with Gasteiger partial charge in [-0.3, -0.25) is 9.36 Å². The summed E-state index contributed by atoms with van der Waals surface area (Å²) in [5.41, 5.74) is 4.62. The molecule has 156 valence electrons. The zero-order chi connectivity index (χ0) is 20.9. The Morgan fingerprint density at radius 3 is 2.80 bits per heavy atom. The third-order valence-electron chi connectivity index (χ3n) is 5.50. The quantitative estimate of drug-likeness (QED) is 0.587. The van der Waals surface area contributed by atoms with Crippen molar-refractivity contribution >= 4 is 23.5 Å². The summed E-state index contributed by atoms with van der Waals surface area (Å²) in [6, 6.07) is 10.3. The molecule has 1 aliphatic rings. The number of carbonyl (C=O) groups excluding carboxylic acids is 1. The van der Waals surface area contributed by atoms with Gasteiger partial charge in [-0.25, -0.2) is 9.97 Å². The summed E-state index contributed by atoms with van der Waals surface area (Å²) in [4.78, 5) is 23.6. The fourth-order valence-corrected chi connectivity index (χ4v) is 4.44. The van der Waals surface area contributed by atoms with Crippen LogP contribution in [-0.2, 0) is 11.3 Å². The van der Waals surface area contributed by atoms with Gasteiger partial charge in [0.15, 0.2) is 5.16 Å². The Hall–Kier alpha value is -2.80. The van der Waals surface area contributed by atoms with Gasteiger partial charge in [-0.2, -0.15) is 0 Å². The van der Waals surface area contributed by atoms with E-state index in [9.17, 15) is 4.79 Å². The van der Waals surface area contributed by atoms with E-state index >= 15 is 0 Å². The first-order valence-corrected chi connectivity index (χ1v) is 11.3. The van der Waals surface area contributed by atoms with E-state index in [2.05, 4.69) is 52.2 Å². The first kappa shape index (κ1) is 20.5. The molecule has 0 bridgehead atoms. The van der Waals surface area contributed by atoms with E-state index < -0.39 is 0 Å². The number of benzene rings is 1. The van der Waals surface area contributed by atoms with Gasteiger partial charge in [0.25, 0.3) is 0 Å². The summed E-state index contributed by atoms with van der Waals surface area (Å²) in [5.74, 6) is 1.32. The number of nitrogens with zero attached hydrogens (tertiary/aromatic N) is 4. The fraction of sp³-hybridized carbons (Fsp3) is 0.348. The number of thioether (sulfide) groups is 1. The van der Waals surface area contributed by atoms with E-state index in [0.717, 1.165) is 35.3 Å². The molecule has 0 spiro atoms. The van der Waals surface area contributed by atoms with E-state index in [1.807, 2.05) is 29.1 Å². The Morgan fingerprint density at radius 1 is 1.13 bits per heavy atom. The Bertz CT molecular complexity index is 1030. The molecule has 0 unspecified atom stereocenters. The minimum atomic E-state index is -0.00458. The van der Waals surface area contributed by atoms with Crippen LogP contribution in [0.25, 0.3) is 5.69 Å². The molecule has 2 aromatic heterocycles. The van der Waals surface area contributed by atoms with Crippen molar-refractivity contribution in [2.45, 2.75) is 38.4 Å². The molecule has 1 saturated heterocycles. The largest absolute Gasteiger partial charge is 0.357 e. The van der Waals surface area contributed by atoms with Crippen LogP contribution in [-0.4, -0.2) is 39.3 Å². The SMILES string of the molecule is Cc1cccc(-n2ccnc2SCC(=O)NCc2ccnc(N3CCCC3)c2)c1C. The lowest BCUT2D eigenvalue weighted by Gasteiger charge is -2.17. The van der Waals surface area contributed by atoms with Crippen molar-refractivity contribution in [2.24, 2.45) is 0 Å². The van der Waals surface area contributed by atoms with Gasteiger partial charge in [-0.15, -0.1) is 0 Å². The summed E-state index contributed by atoms with van der Waals surface area (Å²) in [6.07, 6.45) is 7.98. The molecule has 6 nitrogen and oxygen atoms in total. The van der Waals surface area contributed by atoms with Crippen molar-refractivity contribution in [3.63, 3.8) is 0 Å². The van der Waals surface area contributed by atoms with Gasteiger partial charge in [0.05, 0.1) is 11.4 Å². The van der Waals surface area contributed by atoms with E-state index in [4.69, 9.17) is 0 Å². The van der Waals surface area contributed by atoms with Gasteiger partial charge in [0, 0.05) is 38.2 Å². The average molecular weight is 422 g/mol. The molecule has 0 saturated carbocycles. The number of amides is 1. The van der Waals surface area contributed by atoms with Gasteiger partial charge in [-0.1, -0.05) is 23.9 Å². The van der Waals surface area contributed by atoms with Crippen molar-refractivity contribution in [3.8, 4) is 5.69 Å². The number of pyridine rings is 1. The molecule has 3 heterocycles. The second-order valence-electron chi connectivity index (χ2n) is 7.58. The maximum atomic E-state index is 12.4. The van der Waals surface area contributed by atoms with Crippen LogP contribution in [0.2, 0.25) is 0 Å².